The number of benzene rings is 2. The Labute approximate surface area is 157 Å². The molecule has 0 saturated heterocycles. The first-order valence-corrected chi connectivity index (χ1v) is 8.57. The molecular weight excluding hydrogens is 342 g/mol. The van der Waals surface area contributed by atoms with E-state index in [0.717, 1.165) is 22.5 Å². The van der Waals surface area contributed by atoms with Crippen LogP contribution < -0.4 is 5.32 Å². The van der Waals surface area contributed by atoms with E-state index in [1.807, 2.05) is 50.2 Å². The number of methoxy groups -OCH3 is 1. The molecule has 2 aromatic carbocycles. The van der Waals surface area contributed by atoms with Crippen LogP contribution in [-0.4, -0.2) is 28.8 Å². The number of carbonyl (C=O) groups excluding carboxylic acids is 2. The topological polar surface area (TPSA) is 73.2 Å². The summed E-state index contributed by atoms with van der Waals surface area (Å²) in [5.41, 5.74) is 4.48. The van der Waals surface area contributed by atoms with Crippen LogP contribution in [0.4, 0.5) is 0 Å². The number of esters is 1. The Morgan fingerprint density at radius 3 is 2.48 bits per heavy atom. The second kappa shape index (κ2) is 7.86. The molecule has 0 aliphatic carbocycles. The molecule has 1 aromatic heterocycles. The highest BCUT2D eigenvalue weighted by atomic mass is 16.5. The van der Waals surface area contributed by atoms with Gasteiger partial charge in [0, 0.05) is 12.1 Å². The third-order valence-electron chi connectivity index (χ3n) is 4.27. The molecule has 0 fully saturated rings. The number of aromatic nitrogens is 2. The van der Waals surface area contributed by atoms with E-state index in [1.165, 1.54) is 7.11 Å². The highest BCUT2D eigenvalue weighted by Gasteiger charge is 2.16. The second-order valence-electron chi connectivity index (χ2n) is 6.23. The number of rotatable bonds is 5. The molecular formula is C21H21N3O3. The third kappa shape index (κ3) is 4.06. The van der Waals surface area contributed by atoms with Crippen molar-refractivity contribution < 1.29 is 14.3 Å². The van der Waals surface area contributed by atoms with E-state index in [9.17, 15) is 9.59 Å². The molecule has 0 aliphatic rings. The van der Waals surface area contributed by atoms with Crippen LogP contribution in [0.25, 0.3) is 5.69 Å². The lowest BCUT2D eigenvalue weighted by atomic mass is 10.1. The van der Waals surface area contributed by atoms with Gasteiger partial charge in [-0.1, -0.05) is 24.3 Å². The monoisotopic (exact) mass is 363 g/mol. The zero-order valence-electron chi connectivity index (χ0n) is 15.5. The molecule has 0 spiro atoms. The van der Waals surface area contributed by atoms with Gasteiger partial charge in [-0.2, -0.15) is 5.10 Å². The van der Waals surface area contributed by atoms with E-state index in [1.54, 1.807) is 22.9 Å². The molecule has 1 heterocycles. The van der Waals surface area contributed by atoms with E-state index in [-0.39, 0.29) is 5.91 Å². The number of hydrogen-bond donors (Lipinski definition) is 1. The summed E-state index contributed by atoms with van der Waals surface area (Å²) in [6, 6.07) is 16.5. The van der Waals surface area contributed by atoms with Gasteiger partial charge in [-0.25, -0.2) is 9.48 Å². The summed E-state index contributed by atoms with van der Waals surface area (Å²) in [4.78, 5) is 24.2. The quantitative estimate of drug-likeness (QED) is 0.707. The fraction of sp³-hybridized carbons (Fsp3) is 0.190. The molecule has 3 aromatic rings. The standard InChI is InChI=1S/C21H21N3O3/c1-14-11-18(24-19(21(26)27-3)12-15(2)23-24)10-9-17(14)13-22-20(25)16-7-5-4-6-8-16/h4-12H,13H2,1-3H3,(H,22,25). The van der Waals surface area contributed by atoms with Gasteiger partial charge in [0.2, 0.25) is 0 Å². The molecule has 0 unspecified atom stereocenters. The minimum Gasteiger partial charge on any atom is -0.464 e. The SMILES string of the molecule is COC(=O)c1cc(C)nn1-c1ccc(CNC(=O)c2ccccc2)c(C)c1. The van der Waals surface area contributed by atoms with Crippen LogP contribution >= 0.6 is 0 Å². The van der Waals surface area contributed by atoms with Crippen LogP contribution in [0.2, 0.25) is 0 Å². The molecule has 0 radical (unpaired) electrons. The summed E-state index contributed by atoms with van der Waals surface area (Å²) in [5.74, 6) is -0.554. The zero-order chi connectivity index (χ0) is 19.4. The number of amides is 1. The van der Waals surface area contributed by atoms with Crippen molar-refractivity contribution in [2.45, 2.75) is 20.4 Å². The number of aryl methyl sites for hydroxylation is 2. The molecule has 6 heteroatoms. The van der Waals surface area contributed by atoms with E-state index < -0.39 is 5.97 Å². The first-order chi connectivity index (χ1) is 13.0. The Kier molecular flexibility index (Phi) is 5.35. The van der Waals surface area contributed by atoms with E-state index in [2.05, 4.69) is 10.4 Å². The van der Waals surface area contributed by atoms with Crippen molar-refractivity contribution in [3.05, 3.63) is 82.7 Å². The largest absolute Gasteiger partial charge is 0.464 e. The maximum Gasteiger partial charge on any atom is 0.356 e. The summed E-state index contributed by atoms with van der Waals surface area (Å²) >= 11 is 0. The number of nitrogens with one attached hydrogen (secondary N) is 1. The molecule has 3 rings (SSSR count). The van der Waals surface area contributed by atoms with Gasteiger partial charge in [-0.3, -0.25) is 4.79 Å². The second-order valence-corrected chi connectivity index (χ2v) is 6.23. The highest BCUT2D eigenvalue weighted by molar-refractivity contribution is 5.94. The smallest absolute Gasteiger partial charge is 0.356 e. The predicted octanol–water partition coefficient (Wildman–Crippen LogP) is 3.21. The van der Waals surface area contributed by atoms with Crippen molar-refractivity contribution in [3.63, 3.8) is 0 Å². The number of ether oxygens (including phenoxy) is 1. The molecule has 27 heavy (non-hydrogen) atoms. The minimum atomic E-state index is -0.438. The summed E-state index contributed by atoms with van der Waals surface area (Å²) in [6.07, 6.45) is 0. The first-order valence-electron chi connectivity index (χ1n) is 8.57. The Bertz CT molecular complexity index is 978. The van der Waals surface area contributed by atoms with Crippen molar-refractivity contribution in [2.24, 2.45) is 0 Å². The van der Waals surface area contributed by atoms with Crippen LogP contribution in [0.3, 0.4) is 0 Å². The van der Waals surface area contributed by atoms with Crippen molar-refractivity contribution in [2.75, 3.05) is 7.11 Å². The molecule has 6 nitrogen and oxygen atoms in total. The van der Waals surface area contributed by atoms with Gasteiger partial charge in [0.1, 0.15) is 0 Å². The average Bonchev–Trinajstić information content (AvgIpc) is 3.08. The lowest BCUT2D eigenvalue weighted by Gasteiger charge is -2.11. The van der Waals surface area contributed by atoms with Gasteiger partial charge in [0.15, 0.2) is 5.69 Å². The van der Waals surface area contributed by atoms with Gasteiger partial charge in [0.05, 0.1) is 18.5 Å². The van der Waals surface area contributed by atoms with E-state index >= 15 is 0 Å². The molecule has 1 N–H and O–H groups in total. The molecule has 0 atom stereocenters. The highest BCUT2D eigenvalue weighted by Crippen LogP contribution is 2.18. The van der Waals surface area contributed by atoms with Gasteiger partial charge < -0.3 is 10.1 Å². The van der Waals surface area contributed by atoms with Crippen LogP contribution in [-0.2, 0) is 11.3 Å². The number of nitrogens with zero attached hydrogens (tertiary/aromatic N) is 2. The fourth-order valence-corrected chi connectivity index (χ4v) is 2.82. The Hall–Kier alpha value is -3.41. The van der Waals surface area contributed by atoms with Crippen molar-refractivity contribution >= 4 is 11.9 Å². The summed E-state index contributed by atoms with van der Waals surface area (Å²) in [5, 5.41) is 7.30. The molecule has 0 bridgehead atoms. The van der Waals surface area contributed by atoms with E-state index in [0.29, 0.717) is 17.8 Å². The molecule has 138 valence electrons. The average molecular weight is 363 g/mol. The lowest BCUT2D eigenvalue weighted by Crippen LogP contribution is -2.23. The van der Waals surface area contributed by atoms with Crippen LogP contribution in [0.1, 0.15) is 37.7 Å². The van der Waals surface area contributed by atoms with Crippen LogP contribution in [0, 0.1) is 13.8 Å². The maximum absolute atomic E-state index is 12.2. The van der Waals surface area contributed by atoms with Gasteiger partial charge in [-0.05, 0) is 55.3 Å². The Morgan fingerprint density at radius 1 is 1.07 bits per heavy atom. The van der Waals surface area contributed by atoms with Gasteiger partial charge in [0.25, 0.3) is 5.91 Å². The zero-order valence-corrected chi connectivity index (χ0v) is 15.5. The van der Waals surface area contributed by atoms with E-state index in [4.69, 9.17) is 4.74 Å². The molecule has 1 amide bonds. The first kappa shape index (κ1) is 18.4. The Morgan fingerprint density at radius 2 is 1.81 bits per heavy atom. The minimum absolute atomic E-state index is 0.116. The van der Waals surface area contributed by atoms with Crippen molar-refractivity contribution in [1.29, 1.82) is 0 Å². The van der Waals surface area contributed by atoms with Crippen LogP contribution in [0.15, 0.2) is 54.6 Å². The maximum atomic E-state index is 12.2. The summed E-state index contributed by atoms with van der Waals surface area (Å²) in [7, 11) is 1.35. The molecule has 0 saturated carbocycles. The fourth-order valence-electron chi connectivity index (χ4n) is 2.82. The van der Waals surface area contributed by atoms with Gasteiger partial charge in [-0.15, -0.1) is 0 Å². The van der Waals surface area contributed by atoms with Gasteiger partial charge >= 0.3 is 5.97 Å². The van der Waals surface area contributed by atoms with Crippen molar-refractivity contribution in [3.8, 4) is 5.69 Å². The number of carbonyl (C=O) groups is 2. The molecule has 0 aliphatic heterocycles. The third-order valence-corrected chi connectivity index (χ3v) is 4.27. The summed E-state index contributed by atoms with van der Waals surface area (Å²) < 4.78 is 6.40. The normalized spacial score (nSPS) is 10.5. The number of hydrogen-bond acceptors (Lipinski definition) is 4. The Balaban J connectivity index is 1.79. The summed E-state index contributed by atoms with van der Waals surface area (Å²) in [6.45, 7) is 4.20. The lowest BCUT2D eigenvalue weighted by molar-refractivity contribution is 0.0590. The van der Waals surface area contributed by atoms with Crippen LogP contribution in [0.5, 0.6) is 0 Å². The van der Waals surface area contributed by atoms with Crippen molar-refractivity contribution in [1.82, 2.24) is 15.1 Å². The predicted molar refractivity (Wildman–Crippen MR) is 102 cm³/mol.